The Morgan fingerprint density at radius 2 is 1.91 bits per heavy atom. The van der Waals surface area contributed by atoms with Crippen molar-refractivity contribution in [2.75, 3.05) is 12.0 Å². The van der Waals surface area contributed by atoms with E-state index in [4.69, 9.17) is 16.3 Å². The number of rotatable bonds is 3. The molecular formula is C17H13ClN2O3. The molecule has 1 saturated heterocycles. The van der Waals surface area contributed by atoms with Gasteiger partial charge in [0, 0.05) is 5.02 Å². The monoisotopic (exact) mass is 328 g/mol. The van der Waals surface area contributed by atoms with Crippen molar-refractivity contribution in [1.29, 1.82) is 0 Å². The highest BCUT2D eigenvalue weighted by atomic mass is 35.5. The van der Waals surface area contributed by atoms with E-state index in [0.717, 1.165) is 10.5 Å². The second-order valence-electron chi connectivity index (χ2n) is 4.89. The molecule has 0 unspecified atom stereocenters. The minimum atomic E-state index is -0.508. The van der Waals surface area contributed by atoms with Crippen LogP contribution in [0.4, 0.5) is 10.5 Å². The first-order valence-electron chi connectivity index (χ1n) is 6.85. The molecule has 0 bridgehead atoms. The molecule has 1 aliphatic heterocycles. The zero-order valence-corrected chi connectivity index (χ0v) is 13.0. The van der Waals surface area contributed by atoms with Crippen molar-refractivity contribution < 1.29 is 14.3 Å². The van der Waals surface area contributed by atoms with Crippen LogP contribution in [0.3, 0.4) is 0 Å². The highest BCUT2D eigenvalue weighted by molar-refractivity contribution is 6.32. The molecule has 2 aromatic rings. The van der Waals surface area contributed by atoms with Crippen molar-refractivity contribution in [2.24, 2.45) is 0 Å². The number of carbonyl (C=O) groups excluding carboxylic acids is 2. The summed E-state index contributed by atoms with van der Waals surface area (Å²) in [6.07, 6.45) is 1.60. The van der Waals surface area contributed by atoms with Crippen LogP contribution in [0.25, 0.3) is 6.08 Å². The number of nitrogens with one attached hydrogen (secondary N) is 1. The quantitative estimate of drug-likeness (QED) is 0.693. The fourth-order valence-corrected chi connectivity index (χ4v) is 2.47. The standard InChI is InChI=1S/C17H13ClN2O3/c1-23-14-7-2-4-11(8-14)9-15-16(21)20(17(22)19-15)13-6-3-5-12(18)10-13/h2-10H,1H3,(H,19,22)/b15-9+. The van der Waals surface area contributed by atoms with Gasteiger partial charge >= 0.3 is 6.03 Å². The summed E-state index contributed by atoms with van der Waals surface area (Å²) < 4.78 is 5.14. The Hall–Kier alpha value is -2.79. The SMILES string of the molecule is COc1cccc(/C=C2/NC(=O)N(c3cccc(Cl)c3)C2=O)c1. The number of hydrogen-bond acceptors (Lipinski definition) is 3. The second kappa shape index (κ2) is 6.14. The van der Waals surface area contributed by atoms with Crippen LogP contribution in [0, 0.1) is 0 Å². The lowest BCUT2D eigenvalue weighted by molar-refractivity contribution is -0.113. The second-order valence-corrected chi connectivity index (χ2v) is 5.32. The first kappa shape index (κ1) is 15.1. The molecule has 1 aliphatic rings. The van der Waals surface area contributed by atoms with Crippen LogP contribution in [0.5, 0.6) is 5.75 Å². The van der Waals surface area contributed by atoms with Gasteiger partial charge in [0.2, 0.25) is 0 Å². The van der Waals surface area contributed by atoms with E-state index in [0.29, 0.717) is 16.5 Å². The maximum Gasteiger partial charge on any atom is 0.333 e. The Labute approximate surface area is 138 Å². The number of imide groups is 1. The predicted molar refractivity (Wildman–Crippen MR) is 88.4 cm³/mol. The molecule has 23 heavy (non-hydrogen) atoms. The molecule has 2 aromatic carbocycles. The minimum absolute atomic E-state index is 0.197. The van der Waals surface area contributed by atoms with Gasteiger partial charge in [-0.1, -0.05) is 29.8 Å². The number of carbonyl (C=O) groups is 2. The van der Waals surface area contributed by atoms with Gasteiger partial charge in [0.15, 0.2) is 0 Å². The number of methoxy groups -OCH3 is 1. The summed E-state index contributed by atoms with van der Waals surface area (Å²) in [5.41, 5.74) is 1.37. The Morgan fingerprint density at radius 1 is 1.13 bits per heavy atom. The van der Waals surface area contributed by atoms with Gasteiger partial charge in [0.05, 0.1) is 12.8 Å². The fourth-order valence-electron chi connectivity index (χ4n) is 2.28. The van der Waals surface area contributed by atoms with E-state index >= 15 is 0 Å². The number of benzene rings is 2. The molecule has 1 fully saturated rings. The summed E-state index contributed by atoms with van der Waals surface area (Å²) in [7, 11) is 1.57. The molecule has 3 rings (SSSR count). The van der Waals surface area contributed by atoms with Crippen LogP contribution in [0.1, 0.15) is 5.56 Å². The molecule has 0 aromatic heterocycles. The van der Waals surface area contributed by atoms with Crippen LogP contribution in [0.15, 0.2) is 54.2 Å². The number of ether oxygens (including phenoxy) is 1. The molecular weight excluding hydrogens is 316 g/mol. The van der Waals surface area contributed by atoms with E-state index in [9.17, 15) is 9.59 Å². The van der Waals surface area contributed by atoms with E-state index in [1.807, 2.05) is 6.07 Å². The summed E-state index contributed by atoms with van der Waals surface area (Å²) in [5, 5.41) is 3.02. The molecule has 0 saturated carbocycles. The first-order valence-corrected chi connectivity index (χ1v) is 7.23. The summed E-state index contributed by atoms with van der Waals surface area (Å²) in [4.78, 5) is 25.6. The number of anilines is 1. The smallest absolute Gasteiger partial charge is 0.333 e. The van der Waals surface area contributed by atoms with Gasteiger partial charge in [0.1, 0.15) is 11.4 Å². The van der Waals surface area contributed by atoms with Crippen molar-refractivity contribution in [3.63, 3.8) is 0 Å². The molecule has 0 spiro atoms. The zero-order chi connectivity index (χ0) is 16.4. The van der Waals surface area contributed by atoms with Crippen LogP contribution < -0.4 is 15.0 Å². The highest BCUT2D eigenvalue weighted by Gasteiger charge is 2.34. The highest BCUT2D eigenvalue weighted by Crippen LogP contribution is 2.25. The lowest BCUT2D eigenvalue weighted by Crippen LogP contribution is -2.30. The predicted octanol–water partition coefficient (Wildman–Crippen LogP) is 3.45. The zero-order valence-electron chi connectivity index (χ0n) is 12.2. The third-order valence-corrected chi connectivity index (χ3v) is 3.58. The largest absolute Gasteiger partial charge is 0.497 e. The van der Waals surface area contributed by atoms with Crippen LogP contribution in [-0.4, -0.2) is 19.0 Å². The lowest BCUT2D eigenvalue weighted by Gasteiger charge is -2.11. The number of hydrogen-bond donors (Lipinski definition) is 1. The summed E-state index contributed by atoms with van der Waals surface area (Å²) in [6, 6.07) is 13.3. The van der Waals surface area contributed by atoms with E-state index in [1.54, 1.807) is 55.7 Å². The Balaban J connectivity index is 1.93. The van der Waals surface area contributed by atoms with Crippen LogP contribution in [0.2, 0.25) is 5.02 Å². The summed E-state index contributed by atoms with van der Waals surface area (Å²) in [6.45, 7) is 0. The first-order chi connectivity index (χ1) is 11.1. The van der Waals surface area contributed by atoms with Gasteiger partial charge in [-0.25, -0.2) is 9.69 Å². The normalized spacial score (nSPS) is 15.9. The average molecular weight is 329 g/mol. The van der Waals surface area contributed by atoms with Gasteiger partial charge < -0.3 is 10.1 Å². The molecule has 0 aliphatic carbocycles. The number of nitrogens with zero attached hydrogens (tertiary/aromatic N) is 1. The van der Waals surface area contributed by atoms with E-state index in [-0.39, 0.29) is 5.70 Å². The van der Waals surface area contributed by atoms with Gasteiger partial charge in [-0.3, -0.25) is 4.79 Å². The number of halogens is 1. The fraction of sp³-hybridized carbons (Fsp3) is 0.0588. The molecule has 116 valence electrons. The molecule has 6 heteroatoms. The lowest BCUT2D eigenvalue weighted by atomic mass is 10.2. The van der Waals surface area contributed by atoms with Crippen molar-refractivity contribution in [3.8, 4) is 5.75 Å². The van der Waals surface area contributed by atoms with Crippen molar-refractivity contribution >= 4 is 35.3 Å². The molecule has 3 amide bonds. The van der Waals surface area contributed by atoms with E-state index in [1.165, 1.54) is 0 Å². The van der Waals surface area contributed by atoms with Crippen LogP contribution in [-0.2, 0) is 4.79 Å². The van der Waals surface area contributed by atoms with E-state index in [2.05, 4.69) is 5.32 Å². The Morgan fingerprint density at radius 3 is 2.65 bits per heavy atom. The number of amides is 3. The maximum atomic E-state index is 12.5. The average Bonchev–Trinajstić information content (AvgIpc) is 2.81. The van der Waals surface area contributed by atoms with Gasteiger partial charge in [-0.2, -0.15) is 0 Å². The Bertz CT molecular complexity index is 817. The topological polar surface area (TPSA) is 58.6 Å². The third kappa shape index (κ3) is 3.05. The molecule has 1 N–H and O–H groups in total. The van der Waals surface area contributed by atoms with Gasteiger partial charge in [0.25, 0.3) is 5.91 Å². The maximum absolute atomic E-state index is 12.5. The molecule has 1 heterocycles. The molecule has 5 nitrogen and oxygen atoms in total. The van der Waals surface area contributed by atoms with Crippen molar-refractivity contribution in [3.05, 3.63) is 64.8 Å². The van der Waals surface area contributed by atoms with Crippen LogP contribution >= 0.6 is 11.6 Å². The third-order valence-electron chi connectivity index (χ3n) is 3.35. The van der Waals surface area contributed by atoms with Gasteiger partial charge in [-0.15, -0.1) is 0 Å². The number of urea groups is 1. The summed E-state index contributed by atoms with van der Waals surface area (Å²) in [5.74, 6) is 0.239. The molecule has 0 radical (unpaired) electrons. The van der Waals surface area contributed by atoms with Gasteiger partial charge in [-0.05, 0) is 42.0 Å². The Kier molecular flexibility index (Phi) is 4.04. The molecule has 0 atom stereocenters. The van der Waals surface area contributed by atoms with Crippen molar-refractivity contribution in [1.82, 2.24) is 5.32 Å². The van der Waals surface area contributed by atoms with Crippen molar-refractivity contribution in [2.45, 2.75) is 0 Å². The minimum Gasteiger partial charge on any atom is -0.497 e. The van der Waals surface area contributed by atoms with E-state index < -0.39 is 11.9 Å². The summed E-state index contributed by atoms with van der Waals surface area (Å²) >= 11 is 5.92.